The maximum atomic E-state index is 12.0. The van der Waals surface area contributed by atoms with E-state index in [1.807, 2.05) is 31.2 Å². The monoisotopic (exact) mass is 550 g/mol. The van der Waals surface area contributed by atoms with Crippen LogP contribution in [-0.4, -0.2) is 25.3 Å². The highest BCUT2D eigenvalue weighted by molar-refractivity contribution is 9.10. The van der Waals surface area contributed by atoms with Crippen molar-refractivity contribution in [2.24, 2.45) is 5.10 Å². The van der Waals surface area contributed by atoms with Gasteiger partial charge in [-0.3, -0.25) is 4.79 Å². The molecule has 0 spiro atoms. The lowest BCUT2D eigenvalue weighted by molar-refractivity contribution is -0.123. The van der Waals surface area contributed by atoms with Crippen LogP contribution in [0.1, 0.15) is 18.1 Å². The third-order valence-electron chi connectivity index (χ3n) is 4.25. The van der Waals surface area contributed by atoms with Gasteiger partial charge in [-0.25, -0.2) is 5.43 Å². The zero-order valence-electron chi connectivity index (χ0n) is 17.7. The molecule has 1 amide bonds. The number of halogens is 3. The number of nitrogens with one attached hydrogen (secondary N) is 1. The van der Waals surface area contributed by atoms with Gasteiger partial charge in [0.05, 0.1) is 12.8 Å². The summed E-state index contributed by atoms with van der Waals surface area (Å²) in [5.74, 6) is 1.28. The van der Waals surface area contributed by atoms with E-state index in [1.165, 1.54) is 6.21 Å². The molecule has 0 saturated heterocycles. The first-order valence-corrected chi connectivity index (χ1v) is 11.5. The summed E-state index contributed by atoms with van der Waals surface area (Å²) in [6.07, 6.45) is 1.51. The first kappa shape index (κ1) is 24.9. The quantitative estimate of drug-likeness (QED) is 0.238. The smallest absolute Gasteiger partial charge is 0.277 e. The molecule has 0 atom stereocenters. The molecule has 0 aliphatic rings. The van der Waals surface area contributed by atoms with Crippen molar-refractivity contribution >= 4 is 51.3 Å². The second kappa shape index (κ2) is 12.5. The predicted octanol–water partition coefficient (Wildman–Crippen LogP) is 6.26. The van der Waals surface area contributed by atoms with Gasteiger partial charge >= 0.3 is 0 Å². The maximum absolute atomic E-state index is 12.0. The van der Waals surface area contributed by atoms with Gasteiger partial charge in [-0.15, -0.1) is 0 Å². The highest BCUT2D eigenvalue weighted by atomic mass is 79.9. The summed E-state index contributed by atoms with van der Waals surface area (Å²) in [6, 6.07) is 17.7. The van der Waals surface area contributed by atoms with Gasteiger partial charge in [-0.2, -0.15) is 5.10 Å². The number of carbonyl (C=O) groups excluding carboxylic acids is 1. The van der Waals surface area contributed by atoms with Crippen LogP contribution >= 0.6 is 39.1 Å². The van der Waals surface area contributed by atoms with Crippen LogP contribution in [0.25, 0.3) is 0 Å². The third-order valence-corrected chi connectivity index (χ3v) is 5.44. The minimum atomic E-state index is -0.398. The predicted molar refractivity (Wildman–Crippen MR) is 134 cm³/mol. The molecular weight excluding hydrogens is 531 g/mol. The van der Waals surface area contributed by atoms with Crippen molar-refractivity contribution in [3.63, 3.8) is 0 Å². The molecule has 0 unspecified atom stereocenters. The van der Waals surface area contributed by atoms with Gasteiger partial charge in [0.2, 0.25) is 0 Å². The summed E-state index contributed by atoms with van der Waals surface area (Å²) in [7, 11) is 0. The summed E-state index contributed by atoms with van der Waals surface area (Å²) in [5, 5.41) is 5.26. The van der Waals surface area contributed by atoms with Gasteiger partial charge in [0.15, 0.2) is 18.1 Å². The van der Waals surface area contributed by atoms with E-state index in [0.717, 1.165) is 10.0 Å². The molecular formula is C24H21BrCl2N2O4. The average Bonchev–Trinajstić information content (AvgIpc) is 2.80. The minimum absolute atomic E-state index is 0.179. The number of amides is 1. The fourth-order valence-corrected chi connectivity index (χ4v) is 3.34. The van der Waals surface area contributed by atoms with E-state index in [4.69, 9.17) is 37.4 Å². The molecule has 33 heavy (non-hydrogen) atoms. The van der Waals surface area contributed by atoms with Crippen molar-refractivity contribution in [3.05, 3.63) is 86.3 Å². The molecule has 0 radical (unpaired) electrons. The van der Waals surface area contributed by atoms with Crippen LogP contribution in [0.2, 0.25) is 10.0 Å². The number of benzene rings is 3. The Hall–Kier alpha value is -2.74. The van der Waals surface area contributed by atoms with Crippen molar-refractivity contribution in [2.75, 3.05) is 13.2 Å². The zero-order chi connectivity index (χ0) is 23.6. The Labute approximate surface area is 210 Å². The van der Waals surface area contributed by atoms with Crippen molar-refractivity contribution in [2.45, 2.75) is 13.5 Å². The molecule has 0 aliphatic carbocycles. The van der Waals surface area contributed by atoms with Gasteiger partial charge in [-0.1, -0.05) is 35.3 Å². The van der Waals surface area contributed by atoms with E-state index in [-0.39, 0.29) is 6.61 Å². The number of rotatable bonds is 10. The lowest BCUT2D eigenvalue weighted by Crippen LogP contribution is -2.24. The topological polar surface area (TPSA) is 69.2 Å². The van der Waals surface area contributed by atoms with Gasteiger partial charge in [0.1, 0.15) is 12.4 Å². The van der Waals surface area contributed by atoms with Crippen molar-refractivity contribution < 1.29 is 19.0 Å². The molecule has 9 heteroatoms. The second-order valence-electron chi connectivity index (χ2n) is 6.70. The maximum Gasteiger partial charge on any atom is 0.277 e. The van der Waals surface area contributed by atoms with E-state index in [9.17, 15) is 4.79 Å². The Morgan fingerprint density at radius 2 is 1.61 bits per heavy atom. The van der Waals surface area contributed by atoms with E-state index in [1.54, 1.807) is 36.4 Å². The highest BCUT2D eigenvalue weighted by Gasteiger charge is 2.11. The minimum Gasteiger partial charge on any atom is -0.490 e. The van der Waals surface area contributed by atoms with Crippen molar-refractivity contribution in [3.8, 4) is 17.2 Å². The average molecular weight is 552 g/mol. The Kier molecular flexibility index (Phi) is 9.42. The largest absolute Gasteiger partial charge is 0.490 e. The summed E-state index contributed by atoms with van der Waals surface area (Å²) < 4.78 is 17.8. The van der Waals surface area contributed by atoms with Crippen molar-refractivity contribution in [1.82, 2.24) is 5.43 Å². The molecule has 0 bridgehead atoms. The van der Waals surface area contributed by atoms with Crippen LogP contribution in [0.4, 0.5) is 0 Å². The van der Waals surface area contributed by atoms with E-state index >= 15 is 0 Å². The van der Waals surface area contributed by atoms with Crippen LogP contribution in [0.5, 0.6) is 17.2 Å². The lowest BCUT2D eigenvalue weighted by Gasteiger charge is -2.14. The normalized spacial score (nSPS) is 10.8. The summed E-state index contributed by atoms with van der Waals surface area (Å²) in [4.78, 5) is 12.0. The molecule has 0 aromatic heterocycles. The highest BCUT2D eigenvalue weighted by Crippen LogP contribution is 2.34. The number of ether oxygens (including phenoxy) is 3. The summed E-state index contributed by atoms with van der Waals surface area (Å²) in [5.41, 5.74) is 4.12. The molecule has 0 saturated carbocycles. The molecule has 3 aromatic rings. The van der Waals surface area contributed by atoms with Gasteiger partial charge in [-0.05, 0) is 76.9 Å². The third kappa shape index (κ3) is 7.96. The Morgan fingerprint density at radius 3 is 2.27 bits per heavy atom. The van der Waals surface area contributed by atoms with Crippen LogP contribution < -0.4 is 19.6 Å². The molecule has 0 aliphatic heterocycles. The standard InChI is InChI=1S/C24H21BrCl2N2O4/c1-2-31-22-11-17(13-28-29-24(30)15-32-20-9-7-19(27)8-10-20)21(25)12-23(22)33-14-16-3-5-18(26)6-4-16/h3-13H,2,14-15H2,1H3,(H,29,30)/b28-13-. The Balaban J connectivity index is 1.60. The number of carbonyl (C=O) groups is 1. The van der Waals surface area contributed by atoms with Gasteiger partial charge in [0, 0.05) is 20.1 Å². The molecule has 1 N–H and O–H groups in total. The molecule has 0 fully saturated rings. The second-order valence-corrected chi connectivity index (χ2v) is 8.43. The Morgan fingerprint density at radius 1 is 0.970 bits per heavy atom. The fourth-order valence-electron chi connectivity index (χ4n) is 2.66. The number of hydrogen-bond acceptors (Lipinski definition) is 5. The molecule has 3 aromatic carbocycles. The number of hydrazone groups is 1. The van der Waals surface area contributed by atoms with E-state index in [0.29, 0.717) is 46.1 Å². The number of nitrogens with zero attached hydrogens (tertiary/aromatic N) is 1. The first-order chi connectivity index (χ1) is 15.9. The summed E-state index contributed by atoms with van der Waals surface area (Å²) >= 11 is 15.3. The molecule has 0 heterocycles. The molecule has 3 rings (SSSR count). The molecule has 6 nitrogen and oxygen atoms in total. The summed E-state index contributed by atoms with van der Waals surface area (Å²) in [6.45, 7) is 2.54. The van der Waals surface area contributed by atoms with Crippen molar-refractivity contribution in [1.29, 1.82) is 0 Å². The first-order valence-electron chi connectivity index (χ1n) is 9.98. The zero-order valence-corrected chi connectivity index (χ0v) is 20.8. The van der Waals surface area contributed by atoms with Gasteiger partial charge in [0.25, 0.3) is 5.91 Å². The van der Waals surface area contributed by atoms with Crippen LogP contribution in [0.15, 0.2) is 70.2 Å². The number of hydrogen-bond donors (Lipinski definition) is 1. The molecule has 172 valence electrons. The van der Waals surface area contributed by atoms with Crippen LogP contribution in [0.3, 0.4) is 0 Å². The van der Waals surface area contributed by atoms with E-state index < -0.39 is 5.91 Å². The Bertz CT molecular complexity index is 1110. The van der Waals surface area contributed by atoms with Gasteiger partial charge < -0.3 is 14.2 Å². The van der Waals surface area contributed by atoms with E-state index in [2.05, 4.69) is 26.5 Å². The van der Waals surface area contributed by atoms with Crippen LogP contribution in [-0.2, 0) is 11.4 Å². The lowest BCUT2D eigenvalue weighted by atomic mass is 10.2. The fraction of sp³-hybridized carbons (Fsp3) is 0.167. The van der Waals surface area contributed by atoms with Crippen LogP contribution in [0, 0.1) is 0 Å². The SMILES string of the molecule is CCOc1cc(/C=N\NC(=O)COc2ccc(Cl)cc2)c(Br)cc1OCc1ccc(Cl)cc1.